The third-order valence-electron chi connectivity index (χ3n) is 2.18. The van der Waals surface area contributed by atoms with Crippen molar-refractivity contribution in [2.75, 3.05) is 13.6 Å². The van der Waals surface area contributed by atoms with Crippen LogP contribution in [-0.2, 0) is 0 Å². The molecule has 0 radical (unpaired) electrons. The molecule has 0 fully saturated rings. The molecule has 5 nitrogen and oxygen atoms in total. The summed E-state index contributed by atoms with van der Waals surface area (Å²) < 4.78 is 0. The fraction of sp³-hybridized carbons (Fsp3) is 0.300. The number of halogens is 1. The lowest BCUT2D eigenvalue weighted by Gasteiger charge is -1.93. The van der Waals surface area contributed by atoms with Crippen molar-refractivity contribution in [1.82, 2.24) is 25.5 Å². The minimum Gasteiger partial charge on any atom is -0.319 e. The number of hydrogen-bond donors (Lipinski definition) is 2. The molecule has 0 aromatic carbocycles. The molecule has 0 bridgehead atoms. The molecule has 6 heteroatoms. The van der Waals surface area contributed by atoms with Gasteiger partial charge in [0.25, 0.3) is 0 Å². The van der Waals surface area contributed by atoms with Crippen LogP contribution in [0, 0.1) is 0 Å². The third-order valence-corrected chi connectivity index (χ3v) is 2.46. The molecule has 2 N–H and O–H groups in total. The van der Waals surface area contributed by atoms with Crippen molar-refractivity contribution in [2.45, 2.75) is 6.42 Å². The number of nitrogens with one attached hydrogen (secondary N) is 2. The maximum absolute atomic E-state index is 5.99. The summed E-state index contributed by atoms with van der Waals surface area (Å²) >= 11 is 5.99. The van der Waals surface area contributed by atoms with Gasteiger partial charge in [0, 0.05) is 0 Å². The van der Waals surface area contributed by atoms with E-state index >= 15 is 0 Å². The van der Waals surface area contributed by atoms with E-state index in [0.717, 1.165) is 24.0 Å². The maximum Gasteiger partial charge on any atom is 0.186 e. The lowest BCUT2D eigenvalue weighted by atomic mass is 10.2. The van der Waals surface area contributed by atoms with E-state index in [2.05, 4.69) is 25.5 Å². The summed E-state index contributed by atoms with van der Waals surface area (Å²) in [6.45, 7) is 0.937. The minimum atomic E-state index is 0.423. The molecule has 0 aliphatic carbocycles. The van der Waals surface area contributed by atoms with Crippen LogP contribution in [0.3, 0.4) is 0 Å². The number of hydrogen-bond acceptors (Lipinski definition) is 4. The van der Waals surface area contributed by atoms with Crippen LogP contribution in [0.25, 0.3) is 17.1 Å². The van der Waals surface area contributed by atoms with Gasteiger partial charge in [-0.25, -0.2) is 9.97 Å². The van der Waals surface area contributed by atoms with E-state index in [-0.39, 0.29) is 0 Å². The highest BCUT2D eigenvalue weighted by Gasteiger charge is 2.08. The highest BCUT2D eigenvalue weighted by atomic mass is 35.5. The van der Waals surface area contributed by atoms with Crippen molar-refractivity contribution in [3.63, 3.8) is 0 Å². The fourth-order valence-corrected chi connectivity index (χ4v) is 1.62. The minimum absolute atomic E-state index is 0.423. The lowest BCUT2D eigenvalue weighted by Crippen LogP contribution is -2.05. The number of nitrogens with zero attached hydrogens (tertiary/aromatic N) is 3. The van der Waals surface area contributed by atoms with Crippen LogP contribution >= 0.6 is 11.6 Å². The summed E-state index contributed by atoms with van der Waals surface area (Å²) in [6.07, 6.45) is 6.34. The first-order valence-electron chi connectivity index (χ1n) is 4.98. The average molecular weight is 238 g/mol. The molecule has 0 unspecified atom stereocenters. The van der Waals surface area contributed by atoms with Crippen LogP contribution in [-0.4, -0.2) is 33.8 Å². The number of fused-ring (bicyclic) bond motifs is 1. The van der Waals surface area contributed by atoms with Crippen molar-refractivity contribution in [2.24, 2.45) is 0 Å². The van der Waals surface area contributed by atoms with Crippen LogP contribution in [0.15, 0.2) is 12.4 Å². The van der Waals surface area contributed by atoms with E-state index < -0.39 is 0 Å². The van der Waals surface area contributed by atoms with Crippen molar-refractivity contribution in [1.29, 1.82) is 0 Å². The number of aromatic amines is 1. The predicted octanol–water partition coefficient (Wildman–Crippen LogP) is 1.63. The molecule has 16 heavy (non-hydrogen) atoms. The van der Waals surface area contributed by atoms with Crippen molar-refractivity contribution < 1.29 is 0 Å². The van der Waals surface area contributed by atoms with E-state index in [1.54, 1.807) is 0 Å². The average Bonchev–Trinajstić information content (AvgIpc) is 2.69. The second-order valence-corrected chi connectivity index (χ2v) is 3.65. The molecule has 0 aliphatic rings. The van der Waals surface area contributed by atoms with E-state index in [0.29, 0.717) is 10.8 Å². The Hall–Kier alpha value is -1.46. The summed E-state index contributed by atoms with van der Waals surface area (Å²) in [7, 11) is 1.92. The zero-order chi connectivity index (χ0) is 11.4. The highest BCUT2D eigenvalue weighted by molar-refractivity contribution is 6.34. The Kier molecular flexibility index (Phi) is 3.48. The van der Waals surface area contributed by atoms with Crippen LogP contribution in [0.1, 0.15) is 12.1 Å². The van der Waals surface area contributed by atoms with E-state index in [1.165, 1.54) is 6.33 Å². The van der Waals surface area contributed by atoms with Crippen LogP contribution in [0.5, 0.6) is 0 Å². The van der Waals surface area contributed by atoms with Gasteiger partial charge >= 0.3 is 0 Å². The fourth-order valence-electron chi connectivity index (χ4n) is 1.39. The summed E-state index contributed by atoms with van der Waals surface area (Å²) in [5.41, 5.74) is 1.44. The van der Waals surface area contributed by atoms with Gasteiger partial charge in [-0.05, 0) is 26.1 Å². The van der Waals surface area contributed by atoms with Gasteiger partial charge in [-0.1, -0.05) is 17.7 Å². The predicted molar refractivity (Wildman–Crippen MR) is 64.3 cm³/mol. The first-order chi connectivity index (χ1) is 7.83. The molecule has 2 aromatic rings. The normalized spacial score (nSPS) is 11.6. The standard InChI is InChI=1S/C10H12ClN5/c1-12-5-3-2-4-7-8-9(11)13-6-14-10(8)16-15-7/h2,4,6,12H,3,5H2,1H3,(H,13,14,15,16). The van der Waals surface area contributed by atoms with Gasteiger partial charge in [0.1, 0.15) is 11.5 Å². The van der Waals surface area contributed by atoms with E-state index in [9.17, 15) is 0 Å². The molecule has 2 heterocycles. The Labute approximate surface area is 97.9 Å². The van der Waals surface area contributed by atoms with Crippen LogP contribution in [0.2, 0.25) is 5.15 Å². The topological polar surface area (TPSA) is 66.5 Å². The van der Waals surface area contributed by atoms with Crippen molar-refractivity contribution in [3.8, 4) is 0 Å². The van der Waals surface area contributed by atoms with Crippen LogP contribution in [0.4, 0.5) is 0 Å². The molecular weight excluding hydrogens is 226 g/mol. The zero-order valence-electron chi connectivity index (χ0n) is 8.87. The molecule has 0 saturated carbocycles. The summed E-state index contributed by atoms with van der Waals surface area (Å²) in [5.74, 6) is 0. The summed E-state index contributed by atoms with van der Waals surface area (Å²) in [6, 6.07) is 0. The molecule has 0 aliphatic heterocycles. The molecule has 2 rings (SSSR count). The zero-order valence-corrected chi connectivity index (χ0v) is 9.62. The number of rotatable bonds is 4. The Morgan fingerprint density at radius 2 is 2.38 bits per heavy atom. The Morgan fingerprint density at radius 3 is 3.19 bits per heavy atom. The van der Waals surface area contributed by atoms with Gasteiger partial charge in [-0.15, -0.1) is 0 Å². The van der Waals surface area contributed by atoms with Gasteiger partial charge in [0.2, 0.25) is 0 Å². The van der Waals surface area contributed by atoms with Gasteiger partial charge in [-0.3, -0.25) is 5.10 Å². The highest BCUT2D eigenvalue weighted by Crippen LogP contribution is 2.21. The van der Waals surface area contributed by atoms with Gasteiger partial charge < -0.3 is 5.32 Å². The van der Waals surface area contributed by atoms with E-state index in [1.807, 2.05) is 19.2 Å². The maximum atomic E-state index is 5.99. The van der Waals surface area contributed by atoms with Gasteiger partial charge in [0.15, 0.2) is 5.65 Å². The number of H-pyrrole nitrogens is 1. The SMILES string of the molecule is CNCCC=Cc1[nH]nc2ncnc(Cl)c12. The van der Waals surface area contributed by atoms with Crippen molar-refractivity contribution >= 4 is 28.7 Å². The number of aromatic nitrogens is 4. The summed E-state index contributed by atoms with van der Waals surface area (Å²) in [4.78, 5) is 7.96. The smallest absolute Gasteiger partial charge is 0.186 e. The first kappa shape index (κ1) is 11.0. The second-order valence-electron chi connectivity index (χ2n) is 3.29. The third kappa shape index (κ3) is 2.20. The largest absolute Gasteiger partial charge is 0.319 e. The Morgan fingerprint density at radius 1 is 1.50 bits per heavy atom. The lowest BCUT2D eigenvalue weighted by molar-refractivity contribution is 0.809. The Balaban J connectivity index is 2.28. The van der Waals surface area contributed by atoms with E-state index in [4.69, 9.17) is 11.6 Å². The Bertz CT molecular complexity index is 505. The molecule has 84 valence electrons. The molecule has 2 aromatic heterocycles. The first-order valence-corrected chi connectivity index (χ1v) is 5.36. The molecule has 0 atom stereocenters. The molecular formula is C10H12ClN5. The monoisotopic (exact) mass is 237 g/mol. The van der Waals surface area contributed by atoms with Gasteiger partial charge in [0.05, 0.1) is 11.1 Å². The molecule has 0 spiro atoms. The second kappa shape index (κ2) is 5.05. The van der Waals surface area contributed by atoms with Gasteiger partial charge in [-0.2, -0.15) is 5.10 Å². The summed E-state index contributed by atoms with van der Waals surface area (Å²) in [5, 5.41) is 11.2. The van der Waals surface area contributed by atoms with Crippen molar-refractivity contribution in [3.05, 3.63) is 23.3 Å². The van der Waals surface area contributed by atoms with Crippen LogP contribution < -0.4 is 5.32 Å². The quantitative estimate of drug-likeness (QED) is 0.627. The molecule has 0 amide bonds. The molecule has 0 saturated heterocycles.